The third-order valence-corrected chi connectivity index (χ3v) is 5.07. The summed E-state index contributed by atoms with van der Waals surface area (Å²) in [4.78, 5) is 3.49. The summed E-state index contributed by atoms with van der Waals surface area (Å²) in [6.45, 7) is 1.65. The van der Waals surface area contributed by atoms with Gasteiger partial charge < -0.3 is 15.4 Å². The fourth-order valence-corrected chi connectivity index (χ4v) is 4.06. The molecule has 1 aromatic rings. The molecule has 1 saturated heterocycles. The molecular weight excluding hydrogens is 270 g/mol. The molecule has 2 aliphatic rings. The maximum atomic E-state index is 7.93. The maximum absolute atomic E-state index is 7.93. The average molecular weight is 291 g/mol. The molecule has 20 heavy (non-hydrogen) atoms. The molecule has 3 N–H and O–H groups in total. The number of nitrogens with two attached hydrogens (primary N) is 1. The minimum Gasteiger partial charge on any atom is -0.384 e. The van der Waals surface area contributed by atoms with Crippen molar-refractivity contribution in [2.45, 2.75) is 36.3 Å². The first-order valence-electron chi connectivity index (χ1n) is 7.12. The lowest BCUT2D eigenvalue weighted by Crippen LogP contribution is -2.49. The van der Waals surface area contributed by atoms with Crippen LogP contribution in [0.25, 0.3) is 0 Å². The van der Waals surface area contributed by atoms with Crippen molar-refractivity contribution in [1.29, 1.82) is 5.41 Å². The van der Waals surface area contributed by atoms with Crippen molar-refractivity contribution in [2.75, 3.05) is 24.3 Å². The first-order valence-corrected chi connectivity index (χ1v) is 8.34. The van der Waals surface area contributed by atoms with E-state index in [-0.39, 0.29) is 5.84 Å². The van der Waals surface area contributed by atoms with Crippen LogP contribution < -0.4 is 10.6 Å². The number of anilines is 1. The van der Waals surface area contributed by atoms with Crippen LogP contribution in [-0.2, 0) is 4.74 Å². The van der Waals surface area contributed by atoms with Gasteiger partial charge in [-0.05, 0) is 37.7 Å². The zero-order valence-electron chi connectivity index (χ0n) is 11.8. The van der Waals surface area contributed by atoms with Crippen molar-refractivity contribution in [3.8, 4) is 0 Å². The fraction of sp³-hybridized carbons (Fsp3) is 0.533. The molecule has 0 spiro atoms. The Hall–Kier alpha value is -1.20. The highest BCUT2D eigenvalue weighted by Gasteiger charge is 2.37. The van der Waals surface area contributed by atoms with Gasteiger partial charge in [0.25, 0.3) is 0 Å². The summed E-state index contributed by atoms with van der Waals surface area (Å²) >= 11 is 1.65. The smallest absolute Gasteiger partial charge is 0.126 e. The van der Waals surface area contributed by atoms with Crippen molar-refractivity contribution < 1.29 is 4.74 Å². The number of ether oxygens (including phenoxy) is 1. The van der Waals surface area contributed by atoms with Gasteiger partial charge in [-0.3, -0.25) is 5.41 Å². The van der Waals surface area contributed by atoms with E-state index in [1.165, 1.54) is 12.8 Å². The van der Waals surface area contributed by atoms with Gasteiger partial charge in [-0.2, -0.15) is 0 Å². The number of thioether (sulfide) groups is 1. The molecule has 0 amide bonds. The molecule has 3 rings (SSSR count). The van der Waals surface area contributed by atoms with Gasteiger partial charge in [-0.15, -0.1) is 11.8 Å². The van der Waals surface area contributed by atoms with E-state index in [0.717, 1.165) is 35.7 Å². The number of morpholine rings is 1. The third-order valence-electron chi connectivity index (χ3n) is 4.29. The topological polar surface area (TPSA) is 62.3 Å². The van der Waals surface area contributed by atoms with E-state index in [1.54, 1.807) is 11.8 Å². The molecule has 2 fully saturated rings. The highest BCUT2D eigenvalue weighted by Crippen LogP contribution is 2.37. The second-order valence-corrected chi connectivity index (χ2v) is 6.22. The van der Waals surface area contributed by atoms with Crippen LogP contribution in [0.2, 0.25) is 0 Å². The molecule has 108 valence electrons. The lowest BCUT2D eigenvalue weighted by molar-refractivity contribution is 0.0256. The van der Waals surface area contributed by atoms with E-state index < -0.39 is 0 Å². The van der Waals surface area contributed by atoms with Gasteiger partial charge in [0, 0.05) is 17.1 Å². The normalized spacial score (nSPS) is 25.6. The van der Waals surface area contributed by atoms with E-state index in [0.29, 0.717) is 12.1 Å². The molecule has 2 atom stereocenters. The average Bonchev–Trinajstić information content (AvgIpc) is 2.94. The summed E-state index contributed by atoms with van der Waals surface area (Å²) in [5.74, 6) is 0.158. The van der Waals surface area contributed by atoms with Crippen molar-refractivity contribution in [3.05, 3.63) is 23.8 Å². The van der Waals surface area contributed by atoms with Crippen LogP contribution in [-0.4, -0.2) is 37.4 Å². The van der Waals surface area contributed by atoms with Gasteiger partial charge in [0.05, 0.1) is 24.3 Å². The van der Waals surface area contributed by atoms with E-state index in [1.807, 2.05) is 12.3 Å². The summed E-state index contributed by atoms with van der Waals surface area (Å²) in [5.41, 5.74) is 7.83. The highest BCUT2D eigenvalue weighted by molar-refractivity contribution is 7.98. The third kappa shape index (κ3) is 2.29. The highest BCUT2D eigenvalue weighted by atomic mass is 32.2. The molecule has 1 aromatic carbocycles. The van der Waals surface area contributed by atoms with Crippen LogP contribution in [0.4, 0.5) is 5.69 Å². The van der Waals surface area contributed by atoms with Gasteiger partial charge >= 0.3 is 0 Å². The Morgan fingerprint density at radius 1 is 1.45 bits per heavy atom. The zero-order valence-corrected chi connectivity index (χ0v) is 12.6. The van der Waals surface area contributed by atoms with Crippen LogP contribution in [0.1, 0.15) is 24.8 Å². The SMILES string of the molecule is CSc1cccc(N2CCOC3CCCC32)c1C(=N)N. The lowest BCUT2D eigenvalue weighted by atomic mass is 10.1. The Bertz CT molecular complexity index is 520. The van der Waals surface area contributed by atoms with Crippen molar-refractivity contribution in [3.63, 3.8) is 0 Å². The molecule has 1 aliphatic carbocycles. The monoisotopic (exact) mass is 291 g/mol. The molecule has 2 unspecified atom stereocenters. The van der Waals surface area contributed by atoms with Crippen LogP contribution in [0.3, 0.4) is 0 Å². The maximum Gasteiger partial charge on any atom is 0.126 e. The van der Waals surface area contributed by atoms with E-state index in [2.05, 4.69) is 17.0 Å². The van der Waals surface area contributed by atoms with E-state index in [9.17, 15) is 0 Å². The second kappa shape index (κ2) is 5.66. The molecule has 0 bridgehead atoms. The Morgan fingerprint density at radius 3 is 3.05 bits per heavy atom. The van der Waals surface area contributed by atoms with Gasteiger partial charge in [0.15, 0.2) is 0 Å². The molecule has 0 radical (unpaired) electrons. The minimum absolute atomic E-state index is 0.158. The molecule has 4 nitrogen and oxygen atoms in total. The van der Waals surface area contributed by atoms with E-state index in [4.69, 9.17) is 15.9 Å². The zero-order chi connectivity index (χ0) is 14.1. The molecule has 0 aromatic heterocycles. The van der Waals surface area contributed by atoms with Gasteiger partial charge in [0.1, 0.15) is 5.84 Å². The Labute approximate surface area is 124 Å². The Morgan fingerprint density at radius 2 is 2.30 bits per heavy atom. The number of nitrogen functional groups attached to an aromatic ring is 1. The van der Waals surface area contributed by atoms with Crippen molar-refractivity contribution in [2.24, 2.45) is 5.73 Å². The molecule has 5 heteroatoms. The number of nitrogens with one attached hydrogen (secondary N) is 1. The van der Waals surface area contributed by atoms with Crippen LogP contribution in [0.5, 0.6) is 0 Å². The largest absolute Gasteiger partial charge is 0.384 e. The van der Waals surface area contributed by atoms with Gasteiger partial charge in [-0.25, -0.2) is 0 Å². The Balaban J connectivity index is 2.02. The predicted molar refractivity (Wildman–Crippen MR) is 84.0 cm³/mol. The van der Waals surface area contributed by atoms with Crippen LogP contribution >= 0.6 is 11.8 Å². The predicted octanol–water partition coefficient (Wildman–Crippen LogP) is 2.45. The van der Waals surface area contributed by atoms with Crippen LogP contribution in [0.15, 0.2) is 23.1 Å². The summed E-state index contributed by atoms with van der Waals surface area (Å²) in [6, 6.07) is 6.64. The summed E-state index contributed by atoms with van der Waals surface area (Å²) in [5, 5.41) is 7.93. The number of nitrogens with zero attached hydrogens (tertiary/aromatic N) is 1. The van der Waals surface area contributed by atoms with Gasteiger partial charge in [-0.1, -0.05) is 6.07 Å². The number of rotatable bonds is 3. The quantitative estimate of drug-likeness (QED) is 0.510. The molecule has 1 saturated carbocycles. The number of benzene rings is 1. The number of amidine groups is 1. The number of hydrogen-bond acceptors (Lipinski definition) is 4. The Kier molecular flexibility index (Phi) is 3.89. The van der Waals surface area contributed by atoms with Crippen LogP contribution in [0, 0.1) is 5.41 Å². The lowest BCUT2D eigenvalue weighted by Gasteiger charge is -2.40. The first-order chi connectivity index (χ1) is 9.72. The fourth-order valence-electron chi connectivity index (χ4n) is 3.42. The minimum atomic E-state index is 0.158. The standard InChI is InChI=1S/C15H21N3OS/c1-20-13-7-3-5-11(14(13)15(16)17)18-8-9-19-12-6-2-4-10(12)18/h3,5,7,10,12H,2,4,6,8-9H2,1H3,(H3,16,17). The van der Waals surface area contributed by atoms with Crippen molar-refractivity contribution >= 4 is 23.3 Å². The van der Waals surface area contributed by atoms with E-state index >= 15 is 0 Å². The van der Waals surface area contributed by atoms with Gasteiger partial charge in [0.2, 0.25) is 0 Å². The number of fused-ring (bicyclic) bond motifs is 1. The molecule has 1 aliphatic heterocycles. The molecular formula is C15H21N3OS. The first kappa shape index (κ1) is 13.8. The summed E-state index contributed by atoms with van der Waals surface area (Å²) < 4.78 is 5.88. The summed E-state index contributed by atoms with van der Waals surface area (Å²) in [6.07, 6.45) is 5.93. The van der Waals surface area contributed by atoms with Crippen molar-refractivity contribution in [1.82, 2.24) is 0 Å². The molecule has 1 heterocycles. The second-order valence-electron chi connectivity index (χ2n) is 5.37. The number of hydrogen-bond donors (Lipinski definition) is 2. The summed E-state index contributed by atoms with van der Waals surface area (Å²) in [7, 11) is 0.